The Labute approximate surface area is 90.0 Å². The van der Waals surface area contributed by atoms with Gasteiger partial charge in [-0.1, -0.05) is 0 Å². The summed E-state index contributed by atoms with van der Waals surface area (Å²) >= 11 is 0. The van der Waals surface area contributed by atoms with E-state index in [4.69, 9.17) is 5.73 Å². The number of piperidine rings is 1. The van der Waals surface area contributed by atoms with Gasteiger partial charge >= 0.3 is 0 Å². The van der Waals surface area contributed by atoms with Crippen LogP contribution >= 0.6 is 0 Å². The maximum atomic E-state index is 11.5. The molecule has 1 saturated heterocycles. The summed E-state index contributed by atoms with van der Waals surface area (Å²) < 4.78 is 0. The number of likely N-dealkylation sites (tertiary alicyclic amines) is 1. The molecular formula is C10H19N3O2. The van der Waals surface area contributed by atoms with Crippen molar-refractivity contribution in [2.24, 2.45) is 5.73 Å². The highest BCUT2D eigenvalue weighted by Crippen LogP contribution is 2.09. The van der Waals surface area contributed by atoms with E-state index in [0.29, 0.717) is 19.5 Å². The lowest BCUT2D eigenvalue weighted by atomic mass is 10.1. The number of amides is 2. The highest BCUT2D eigenvalue weighted by atomic mass is 16.2. The third kappa shape index (κ3) is 3.87. The number of carbonyl (C=O) groups excluding carboxylic acids is 2. The standard InChI is InChI=1S/C10H19N3O2/c1-8(6-11)12-9(14)7-13-5-3-2-4-10(13)15/h8H,2-7,11H2,1H3,(H,12,14)/t8-/m1/s1. The van der Waals surface area contributed by atoms with Crippen LogP contribution in [0.1, 0.15) is 26.2 Å². The Morgan fingerprint density at radius 1 is 1.60 bits per heavy atom. The van der Waals surface area contributed by atoms with Gasteiger partial charge in [0.25, 0.3) is 0 Å². The lowest BCUT2D eigenvalue weighted by molar-refractivity contribution is -0.138. The molecule has 0 unspecified atom stereocenters. The number of nitrogens with zero attached hydrogens (tertiary/aromatic N) is 1. The molecule has 0 radical (unpaired) electrons. The molecule has 1 aliphatic heterocycles. The minimum absolute atomic E-state index is 0.0302. The first-order chi connectivity index (χ1) is 7.13. The van der Waals surface area contributed by atoms with Gasteiger partial charge < -0.3 is 16.0 Å². The summed E-state index contributed by atoms with van der Waals surface area (Å²) in [6.45, 7) is 3.13. The zero-order chi connectivity index (χ0) is 11.3. The molecule has 86 valence electrons. The second-order valence-electron chi connectivity index (χ2n) is 3.98. The molecule has 0 aromatic rings. The lowest BCUT2D eigenvalue weighted by Gasteiger charge is -2.26. The van der Waals surface area contributed by atoms with Gasteiger partial charge in [-0.15, -0.1) is 0 Å². The summed E-state index contributed by atoms with van der Waals surface area (Å²) in [4.78, 5) is 24.5. The van der Waals surface area contributed by atoms with Gasteiger partial charge in [0.1, 0.15) is 0 Å². The highest BCUT2D eigenvalue weighted by molar-refractivity contribution is 5.85. The second-order valence-corrected chi connectivity index (χ2v) is 3.98. The first-order valence-electron chi connectivity index (χ1n) is 5.40. The minimum Gasteiger partial charge on any atom is -0.351 e. The Hall–Kier alpha value is -1.10. The molecule has 5 heteroatoms. The second kappa shape index (κ2) is 5.70. The smallest absolute Gasteiger partial charge is 0.239 e. The van der Waals surface area contributed by atoms with Crippen molar-refractivity contribution in [3.05, 3.63) is 0 Å². The van der Waals surface area contributed by atoms with E-state index < -0.39 is 0 Å². The van der Waals surface area contributed by atoms with Crippen molar-refractivity contribution in [2.75, 3.05) is 19.6 Å². The maximum Gasteiger partial charge on any atom is 0.239 e. The molecule has 1 rings (SSSR count). The SMILES string of the molecule is C[C@H](CN)NC(=O)CN1CCCCC1=O. The van der Waals surface area contributed by atoms with Crippen LogP contribution in [0.5, 0.6) is 0 Å². The normalized spacial score (nSPS) is 18.8. The predicted molar refractivity (Wildman–Crippen MR) is 57.1 cm³/mol. The summed E-state index contributed by atoms with van der Waals surface area (Å²) in [5.74, 6) is -0.0417. The monoisotopic (exact) mass is 213 g/mol. The van der Waals surface area contributed by atoms with Gasteiger partial charge in [0, 0.05) is 25.6 Å². The summed E-state index contributed by atoms with van der Waals surface area (Å²) in [7, 11) is 0. The Kier molecular flexibility index (Phi) is 4.55. The van der Waals surface area contributed by atoms with E-state index in [1.807, 2.05) is 6.92 Å². The van der Waals surface area contributed by atoms with Crippen LogP contribution in [-0.2, 0) is 9.59 Å². The van der Waals surface area contributed by atoms with Gasteiger partial charge in [-0.25, -0.2) is 0 Å². The number of carbonyl (C=O) groups is 2. The third-order valence-corrected chi connectivity index (χ3v) is 2.52. The van der Waals surface area contributed by atoms with Crippen molar-refractivity contribution in [3.8, 4) is 0 Å². The first kappa shape index (κ1) is 12.0. The fraction of sp³-hybridized carbons (Fsp3) is 0.800. The molecule has 0 aromatic carbocycles. The van der Waals surface area contributed by atoms with Crippen molar-refractivity contribution < 1.29 is 9.59 Å². The van der Waals surface area contributed by atoms with E-state index >= 15 is 0 Å². The molecule has 0 bridgehead atoms. The van der Waals surface area contributed by atoms with E-state index in [9.17, 15) is 9.59 Å². The van der Waals surface area contributed by atoms with Crippen LogP contribution < -0.4 is 11.1 Å². The van der Waals surface area contributed by atoms with Crippen molar-refractivity contribution in [2.45, 2.75) is 32.2 Å². The molecule has 0 spiro atoms. The molecule has 1 heterocycles. The maximum absolute atomic E-state index is 11.5. The zero-order valence-corrected chi connectivity index (χ0v) is 9.16. The number of nitrogens with one attached hydrogen (secondary N) is 1. The van der Waals surface area contributed by atoms with E-state index in [2.05, 4.69) is 5.32 Å². The molecule has 2 amide bonds. The van der Waals surface area contributed by atoms with Crippen molar-refractivity contribution in [1.29, 1.82) is 0 Å². The average Bonchev–Trinajstić information content (AvgIpc) is 2.21. The van der Waals surface area contributed by atoms with Crippen LogP contribution in [0.2, 0.25) is 0 Å². The van der Waals surface area contributed by atoms with E-state index in [-0.39, 0.29) is 24.4 Å². The van der Waals surface area contributed by atoms with Crippen molar-refractivity contribution >= 4 is 11.8 Å². The predicted octanol–water partition coefficient (Wildman–Crippen LogP) is -0.538. The third-order valence-electron chi connectivity index (χ3n) is 2.52. The highest BCUT2D eigenvalue weighted by Gasteiger charge is 2.20. The van der Waals surface area contributed by atoms with E-state index in [1.54, 1.807) is 4.90 Å². The average molecular weight is 213 g/mol. The number of nitrogens with two attached hydrogens (primary N) is 1. The Bertz CT molecular complexity index is 243. The number of hydrogen-bond acceptors (Lipinski definition) is 3. The van der Waals surface area contributed by atoms with Crippen LogP contribution in [0.25, 0.3) is 0 Å². The van der Waals surface area contributed by atoms with Crippen LogP contribution in [0.15, 0.2) is 0 Å². The largest absolute Gasteiger partial charge is 0.351 e. The summed E-state index contributed by atoms with van der Waals surface area (Å²) in [6, 6.07) is -0.0302. The summed E-state index contributed by atoms with van der Waals surface area (Å²) in [5, 5.41) is 2.74. The lowest BCUT2D eigenvalue weighted by Crippen LogP contribution is -2.46. The fourth-order valence-corrected chi connectivity index (χ4v) is 1.58. The summed E-state index contributed by atoms with van der Waals surface area (Å²) in [6.07, 6.45) is 2.50. The van der Waals surface area contributed by atoms with Crippen LogP contribution in [0.3, 0.4) is 0 Å². The van der Waals surface area contributed by atoms with Gasteiger partial charge in [-0.3, -0.25) is 9.59 Å². The molecule has 3 N–H and O–H groups in total. The first-order valence-corrected chi connectivity index (χ1v) is 5.40. The molecular weight excluding hydrogens is 194 g/mol. The van der Waals surface area contributed by atoms with E-state index in [0.717, 1.165) is 12.8 Å². The Morgan fingerprint density at radius 3 is 2.93 bits per heavy atom. The topological polar surface area (TPSA) is 75.4 Å². The molecule has 15 heavy (non-hydrogen) atoms. The van der Waals surface area contributed by atoms with Gasteiger partial charge in [-0.05, 0) is 19.8 Å². The molecule has 1 aliphatic rings. The Balaban J connectivity index is 2.33. The zero-order valence-electron chi connectivity index (χ0n) is 9.16. The number of hydrogen-bond donors (Lipinski definition) is 2. The molecule has 5 nitrogen and oxygen atoms in total. The summed E-state index contributed by atoms with van der Waals surface area (Å²) in [5.41, 5.74) is 5.39. The van der Waals surface area contributed by atoms with Crippen molar-refractivity contribution in [3.63, 3.8) is 0 Å². The molecule has 0 saturated carbocycles. The molecule has 1 atom stereocenters. The molecule has 0 aromatic heterocycles. The van der Waals surface area contributed by atoms with Gasteiger partial charge in [0.15, 0.2) is 0 Å². The van der Waals surface area contributed by atoms with Gasteiger partial charge in [-0.2, -0.15) is 0 Å². The van der Waals surface area contributed by atoms with E-state index in [1.165, 1.54) is 0 Å². The van der Waals surface area contributed by atoms with Crippen LogP contribution in [-0.4, -0.2) is 42.4 Å². The fourth-order valence-electron chi connectivity index (χ4n) is 1.58. The van der Waals surface area contributed by atoms with Gasteiger partial charge in [0.05, 0.1) is 6.54 Å². The van der Waals surface area contributed by atoms with Crippen LogP contribution in [0.4, 0.5) is 0 Å². The van der Waals surface area contributed by atoms with Crippen molar-refractivity contribution in [1.82, 2.24) is 10.2 Å². The molecule has 0 aliphatic carbocycles. The minimum atomic E-state index is -0.122. The molecule has 1 fully saturated rings. The quantitative estimate of drug-likeness (QED) is 0.658. The Morgan fingerprint density at radius 2 is 2.33 bits per heavy atom. The van der Waals surface area contributed by atoms with Gasteiger partial charge in [0.2, 0.25) is 11.8 Å². The van der Waals surface area contributed by atoms with Crippen LogP contribution in [0, 0.1) is 0 Å². The number of rotatable bonds is 4.